The van der Waals surface area contributed by atoms with Gasteiger partial charge >= 0.3 is 0 Å². The van der Waals surface area contributed by atoms with Crippen LogP contribution in [0.5, 0.6) is 5.75 Å². The fraction of sp³-hybridized carbons (Fsp3) is 0.154. The van der Waals surface area contributed by atoms with Crippen LogP contribution in [0, 0.1) is 11.3 Å². The number of nitriles is 1. The SMILES string of the molecule is N#Cc1ccc(OCCO)c2ccccc12. The smallest absolute Gasteiger partial charge is 0.127 e. The standard InChI is InChI=1S/C13H11NO2/c14-9-10-5-6-13(16-8-7-15)12-4-2-1-3-11(10)12/h1-6,15H,7-8H2. The van der Waals surface area contributed by atoms with Crippen LogP contribution in [-0.4, -0.2) is 18.3 Å². The molecule has 0 atom stereocenters. The Morgan fingerprint density at radius 1 is 1.12 bits per heavy atom. The maximum absolute atomic E-state index is 8.97. The summed E-state index contributed by atoms with van der Waals surface area (Å²) in [5.74, 6) is 0.698. The quantitative estimate of drug-likeness (QED) is 0.849. The fourth-order valence-corrected chi connectivity index (χ4v) is 1.65. The number of fused-ring (bicyclic) bond motifs is 1. The van der Waals surface area contributed by atoms with E-state index in [1.807, 2.05) is 24.3 Å². The monoisotopic (exact) mass is 213 g/mol. The number of hydrogen-bond donors (Lipinski definition) is 1. The number of ether oxygens (including phenoxy) is 1. The van der Waals surface area contributed by atoms with Crippen LogP contribution in [0.4, 0.5) is 0 Å². The molecule has 0 heterocycles. The van der Waals surface area contributed by atoms with Gasteiger partial charge in [-0.2, -0.15) is 5.26 Å². The molecule has 0 radical (unpaired) electrons. The molecule has 0 bridgehead atoms. The predicted octanol–water partition coefficient (Wildman–Crippen LogP) is 2.08. The molecule has 3 heteroatoms. The number of aliphatic hydroxyl groups is 1. The maximum atomic E-state index is 8.97. The van der Waals surface area contributed by atoms with Gasteiger partial charge in [-0.25, -0.2) is 0 Å². The van der Waals surface area contributed by atoms with Crippen LogP contribution in [0.25, 0.3) is 10.8 Å². The van der Waals surface area contributed by atoms with Gasteiger partial charge < -0.3 is 9.84 Å². The summed E-state index contributed by atoms with van der Waals surface area (Å²) >= 11 is 0. The third-order valence-electron chi connectivity index (χ3n) is 2.35. The van der Waals surface area contributed by atoms with Crippen LogP contribution in [0.3, 0.4) is 0 Å². The first kappa shape index (κ1) is 10.5. The second kappa shape index (κ2) is 4.65. The molecule has 0 amide bonds. The van der Waals surface area contributed by atoms with Crippen molar-refractivity contribution in [2.45, 2.75) is 0 Å². The number of aliphatic hydroxyl groups excluding tert-OH is 1. The summed E-state index contributed by atoms with van der Waals surface area (Å²) in [4.78, 5) is 0. The van der Waals surface area contributed by atoms with Crippen molar-refractivity contribution >= 4 is 10.8 Å². The number of hydrogen-bond acceptors (Lipinski definition) is 3. The highest BCUT2D eigenvalue weighted by molar-refractivity contribution is 5.92. The summed E-state index contributed by atoms with van der Waals surface area (Å²) in [6.07, 6.45) is 0. The summed E-state index contributed by atoms with van der Waals surface area (Å²) < 4.78 is 5.41. The molecule has 0 saturated heterocycles. The molecule has 0 saturated carbocycles. The maximum Gasteiger partial charge on any atom is 0.127 e. The van der Waals surface area contributed by atoms with E-state index in [9.17, 15) is 0 Å². The van der Waals surface area contributed by atoms with Gasteiger partial charge in [-0.05, 0) is 12.1 Å². The zero-order valence-electron chi connectivity index (χ0n) is 8.68. The topological polar surface area (TPSA) is 53.2 Å². The second-order valence-electron chi connectivity index (χ2n) is 3.34. The van der Waals surface area contributed by atoms with E-state index in [0.717, 1.165) is 10.8 Å². The highest BCUT2D eigenvalue weighted by atomic mass is 16.5. The Balaban J connectivity index is 2.57. The molecule has 0 spiro atoms. The fourth-order valence-electron chi connectivity index (χ4n) is 1.65. The lowest BCUT2D eigenvalue weighted by atomic mass is 10.0. The van der Waals surface area contributed by atoms with Gasteiger partial charge in [-0.3, -0.25) is 0 Å². The molecule has 1 N–H and O–H groups in total. The van der Waals surface area contributed by atoms with E-state index < -0.39 is 0 Å². The Morgan fingerprint density at radius 2 is 1.88 bits per heavy atom. The zero-order valence-corrected chi connectivity index (χ0v) is 8.68. The highest BCUT2D eigenvalue weighted by Gasteiger charge is 2.05. The van der Waals surface area contributed by atoms with Gasteiger partial charge in [0.25, 0.3) is 0 Å². The lowest BCUT2D eigenvalue weighted by Gasteiger charge is -2.08. The van der Waals surface area contributed by atoms with Crippen molar-refractivity contribution in [1.82, 2.24) is 0 Å². The Hall–Kier alpha value is -2.05. The van der Waals surface area contributed by atoms with Crippen LogP contribution >= 0.6 is 0 Å². The van der Waals surface area contributed by atoms with E-state index in [1.54, 1.807) is 12.1 Å². The molecule has 0 aliphatic carbocycles. The Labute approximate surface area is 93.5 Å². The average Bonchev–Trinajstić information content (AvgIpc) is 2.36. The first-order chi connectivity index (χ1) is 7.86. The third-order valence-corrected chi connectivity index (χ3v) is 2.35. The summed E-state index contributed by atoms with van der Waals surface area (Å²) in [5, 5.41) is 19.5. The lowest BCUT2D eigenvalue weighted by Crippen LogP contribution is -2.02. The van der Waals surface area contributed by atoms with E-state index in [0.29, 0.717) is 11.3 Å². The first-order valence-corrected chi connectivity index (χ1v) is 5.02. The molecular formula is C13H11NO2. The second-order valence-corrected chi connectivity index (χ2v) is 3.34. The van der Waals surface area contributed by atoms with Crippen LogP contribution in [0.1, 0.15) is 5.56 Å². The van der Waals surface area contributed by atoms with E-state index in [2.05, 4.69) is 6.07 Å². The summed E-state index contributed by atoms with van der Waals surface area (Å²) in [6, 6.07) is 13.2. The molecule has 0 aromatic heterocycles. The van der Waals surface area contributed by atoms with Crippen molar-refractivity contribution in [3.8, 4) is 11.8 Å². The molecule has 2 aromatic rings. The predicted molar refractivity (Wildman–Crippen MR) is 61.2 cm³/mol. The van der Waals surface area contributed by atoms with Crippen LogP contribution < -0.4 is 4.74 Å². The van der Waals surface area contributed by atoms with Crippen molar-refractivity contribution < 1.29 is 9.84 Å². The van der Waals surface area contributed by atoms with E-state index in [4.69, 9.17) is 15.1 Å². The molecule has 0 aliphatic heterocycles. The molecule has 80 valence electrons. The number of benzene rings is 2. The van der Waals surface area contributed by atoms with Crippen molar-refractivity contribution in [1.29, 1.82) is 5.26 Å². The molecular weight excluding hydrogens is 202 g/mol. The van der Waals surface area contributed by atoms with Crippen LogP contribution in [0.2, 0.25) is 0 Å². The van der Waals surface area contributed by atoms with Crippen molar-refractivity contribution in [2.75, 3.05) is 13.2 Å². The molecule has 2 rings (SSSR count). The van der Waals surface area contributed by atoms with Crippen molar-refractivity contribution in [3.63, 3.8) is 0 Å². The molecule has 0 unspecified atom stereocenters. The van der Waals surface area contributed by atoms with Crippen LogP contribution in [-0.2, 0) is 0 Å². The number of nitrogens with zero attached hydrogens (tertiary/aromatic N) is 1. The van der Waals surface area contributed by atoms with E-state index in [-0.39, 0.29) is 13.2 Å². The minimum Gasteiger partial charge on any atom is -0.491 e. The minimum atomic E-state index is -0.0195. The Morgan fingerprint density at radius 3 is 2.56 bits per heavy atom. The summed E-state index contributed by atoms with van der Waals surface area (Å²) in [6.45, 7) is 0.240. The minimum absolute atomic E-state index is 0.0195. The van der Waals surface area contributed by atoms with Gasteiger partial charge in [0, 0.05) is 10.8 Å². The first-order valence-electron chi connectivity index (χ1n) is 5.02. The normalized spacial score (nSPS) is 10.0. The van der Waals surface area contributed by atoms with E-state index in [1.165, 1.54) is 0 Å². The van der Waals surface area contributed by atoms with Gasteiger partial charge in [0.05, 0.1) is 18.2 Å². The Kier molecular flexibility index (Phi) is 3.04. The number of rotatable bonds is 3. The average molecular weight is 213 g/mol. The van der Waals surface area contributed by atoms with Gasteiger partial charge in [0.15, 0.2) is 0 Å². The molecule has 16 heavy (non-hydrogen) atoms. The molecule has 0 aliphatic rings. The lowest BCUT2D eigenvalue weighted by molar-refractivity contribution is 0.203. The molecule has 3 nitrogen and oxygen atoms in total. The molecule has 2 aromatic carbocycles. The summed E-state index contributed by atoms with van der Waals surface area (Å²) in [7, 11) is 0. The van der Waals surface area contributed by atoms with Crippen molar-refractivity contribution in [3.05, 3.63) is 42.0 Å². The highest BCUT2D eigenvalue weighted by Crippen LogP contribution is 2.27. The largest absolute Gasteiger partial charge is 0.491 e. The van der Waals surface area contributed by atoms with Gasteiger partial charge in [-0.15, -0.1) is 0 Å². The van der Waals surface area contributed by atoms with Crippen molar-refractivity contribution in [2.24, 2.45) is 0 Å². The third kappa shape index (κ3) is 1.83. The van der Waals surface area contributed by atoms with Gasteiger partial charge in [0.1, 0.15) is 12.4 Å². The molecule has 0 fully saturated rings. The zero-order chi connectivity index (χ0) is 11.4. The Bertz CT molecular complexity index is 543. The van der Waals surface area contributed by atoms with E-state index >= 15 is 0 Å². The summed E-state index contributed by atoms with van der Waals surface area (Å²) in [5.41, 5.74) is 0.631. The van der Waals surface area contributed by atoms with Gasteiger partial charge in [0.2, 0.25) is 0 Å². The van der Waals surface area contributed by atoms with Crippen LogP contribution in [0.15, 0.2) is 36.4 Å². The van der Waals surface area contributed by atoms with Gasteiger partial charge in [-0.1, -0.05) is 24.3 Å².